The van der Waals surface area contributed by atoms with E-state index in [-0.39, 0.29) is 0 Å². The minimum atomic E-state index is -0.686. The average molecular weight is 344 g/mol. The Morgan fingerprint density at radius 3 is 2.04 bits per heavy atom. The molecule has 4 nitrogen and oxygen atoms in total. The van der Waals surface area contributed by atoms with Crippen LogP contribution in [-0.2, 0) is 4.74 Å². The fraction of sp³-hybridized carbons (Fsp3) is 1.00. The Bertz CT molecular complexity index is 313. The van der Waals surface area contributed by atoms with Gasteiger partial charge < -0.3 is 14.9 Å². The SMILES string of the molecule is CCCCCCCO[C@]1(N(C)CCCCCCC)C[C@H](O)C[C@@H]1O. The normalized spacial score (nSPS) is 27.2. The Labute approximate surface area is 149 Å². The molecule has 0 aromatic rings. The Hall–Kier alpha value is -0.160. The van der Waals surface area contributed by atoms with E-state index in [9.17, 15) is 10.2 Å². The van der Waals surface area contributed by atoms with Crippen molar-refractivity contribution in [3.8, 4) is 0 Å². The average Bonchev–Trinajstić information content (AvgIpc) is 2.85. The predicted molar refractivity (Wildman–Crippen MR) is 100 cm³/mol. The van der Waals surface area contributed by atoms with Crippen LogP contribution in [0, 0.1) is 0 Å². The summed E-state index contributed by atoms with van der Waals surface area (Å²) in [6.45, 7) is 6.04. The second-order valence-electron chi connectivity index (χ2n) is 7.55. The van der Waals surface area contributed by atoms with Crippen LogP contribution in [0.4, 0.5) is 0 Å². The molecule has 4 heteroatoms. The van der Waals surface area contributed by atoms with Crippen molar-refractivity contribution >= 4 is 0 Å². The first-order valence-corrected chi connectivity index (χ1v) is 10.3. The molecule has 0 saturated heterocycles. The van der Waals surface area contributed by atoms with E-state index in [1.165, 1.54) is 51.4 Å². The van der Waals surface area contributed by atoms with Crippen molar-refractivity contribution in [3.63, 3.8) is 0 Å². The summed E-state index contributed by atoms with van der Waals surface area (Å²) in [7, 11) is 2.04. The maximum absolute atomic E-state index is 10.5. The highest BCUT2D eigenvalue weighted by atomic mass is 16.5. The number of unbranched alkanes of at least 4 members (excludes halogenated alkanes) is 8. The summed E-state index contributed by atoms with van der Waals surface area (Å²) in [6.07, 6.45) is 12.1. The number of ether oxygens (including phenoxy) is 1. The predicted octanol–water partition coefficient (Wildman–Crippen LogP) is 4.09. The molecule has 24 heavy (non-hydrogen) atoms. The van der Waals surface area contributed by atoms with Gasteiger partial charge in [-0.05, 0) is 19.9 Å². The lowest BCUT2D eigenvalue weighted by Gasteiger charge is -2.41. The number of aliphatic hydroxyl groups is 2. The van der Waals surface area contributed by atoms with Gasteiger partial charge in [0.25, 0.3) is 0 Å². The van der Waals surface area contributed by atoms with E-state index >= 15 is 0 Å². The molecule has 1 saturated carbocycles. The van der Waals surface area contributed by atoms with Crippen LogP contribution in [0.1, 0.15) is 90.9 Å². The summed E-state index contributed by atoms with van der Waals surface area (Å²) in [4.78, 5) is 2.16. The van der Waals surface area contributed by atoms with E-state index in [1.807, 2.05) is 7.05 Å². The molecule has 0 aromatic carbocycles. The molecule has 0 heterocycles. The van der Waals surface area contributed by atoms with Gasteiger partial charge in [-0.25, -0.2) is 0 Å². The van der Waals surface area contributed by atoms with Gasteiger partial charge in [0.2, 0.25) is 0 Å². The van der Waals surface area contributed by atoms with Gasteiger partial charge in [-0.3, -0.25) is 4.90 Å². The summed E-state index contributed by atoms with van der Waals surface area (Å²) < 4.78 is 6.21. The van der Waals surface area contributed by atoms with Crippen LogP contribution in [0.2, 0.25) is 0 Å². The monoisotopic (exact) mass is 343 g/mol. The number of aliphatic hydroxyl groups excluding tert-OH is 2. The Morgan fingerprint density at radius 1 is 0.917 bits per heavy atom. The second kappa shape index (κ2) is 12.2. The highest BCUT2D eigenvalue weighted by molar-refractivity contribution is 4.97. The van der Waals surface area contributed by atoms with Gasteiger partial charge in [-0.2, -0.15) is 0 Å². The van der Waals surface area contributed by atoms with Crippen molar-refractivity contribution in [1.29, 1.82) is 0 Å². The summed E-state index contributed by atoms with van der Waals surface area (Å²) >= 11 is 0. The fourth-order valence-electron chi connectivity index (χ4n) is 3.77. The maximum atomic E-state index is 10.5. The molecule has 0 bridgehead atoms. The highest BCUT2D eigenvalue weighted by Crippen LogP contribution is 2.36. The third-order valence-corrected chi connectivity index (χ3v) is 5.39. The van der Waals surface area contributed by atoms with Gasteiger partial charge >= 0.3 is 0 Å². The Balaban J connectivity index is 2.44. The third kappa shape index (κ3) is 6.99. The fourth-order valence-corrected chi connectivity index (χ4v) is 3.77. The minimum absolute atomic E-state index is 0.427. The summed E-state index contributed by atoms with van der Waals surface area (Å²) in [5, 5.41) is 20.6. The van der Waals surface area contributed by atoms with Crippen molar-refractivity contribution in [2.45, 2.75) is 109 Å². The second-order valence-corrected chi connectivity index (χ2v) is 7.55. The largest absolute Gasteiger partial charge is 0.393 e. The van der Waals surface area contributed by atoms with Crippen molar-refractivity contribution in [2.24, 2.45) is 0 Å². The first-order valence-electron chi connectivity index (χ1n) is 10.3. The molecule has 0 aromatic heterocycles. The molecule has 3 atom stereocenters. The topological polar surface area (TPSA) is 52.9 Å². The molecule has 1 aliphatic rings. The number of hydrogen-bond donors (Lipinski definition) is 2. The zero-order valence-corrected chi connectivity index (χ0v) is 16.3. The number of hydrogen-bond acceptors (Lipinski definition) is 4. The van der Waals surface area contributed by atoms with Crippen LogP contribution in [0.3, 0.4) is 0 Å². The van der Waals surface area contributed by atoms with Crippen molar-refractivity contribution in [2.75, 3.05) is 20.2 Å². The van der Waals surface area contributed by atoms with Crippen LogP contribution in [0.5, 0.6) is 0 Å². The van der Waals surface area contributed by atoms with Crippen molar-refractivity contribution < 1.29 is 14.9 Å². The lowest BCUT2D eigenvalue weighted by molar-refractivity contribution is -0.195. The van der Waals surface area contributed by atoms with Crippen LogP contribution < -0.4 is 0 Å². The lowest BCUT2D eigenvalue weighted by atomic mass is 10.1. The third-order valence-electron chi connectivity index (χ3n) is 5.39. The quantitative estimate of drug-likeness (QED) is 0.368. The van der Waals surface area contributed by atoms with Gasteiger partial charge in [-0.15, -0.1) is 0 Å². The standard InChI is InChI=1S/C20H41NO3/c1-4-6-8-10-12-14-21(3)20(17-18(22)16-19(20)23)24-15-13-11-9-7-5-2/h18-19,22-23H,4-17H2,1-3H3/t18-,19+,20-/m1/s1. The molecule has 2 N–H and O–H groups in total. The Morgan fingerprint density at radius 2 is 1.50 bits per heavy atom. The molecule has 1 fully saturated rings. The number of likely N-dealkylation sites (N-methyl/N-ethyl adjacent to an activating group) is 1. The zero-order valence-electron chi connectivity index (χ0n) is 16.3. The van der Waals surface area contributed by atoms with E-state index < -0.39 is 17.9 Å². The van der Waals surface area contributed by atoms with Crippen LogP contribution in [-0.4, -0.2) is 53.2 Å². The minimum Gasteiger partial charge on any atom is -0.393 e. The van der Waals surface area contributed by atoms with Gasteiger partial charge in [-0.1, -0.05) is 65.2 Å². The van der Waals surface area contributed by atoms with E-state index in [4.69, 9.17) is 4.74 Å². The van der Waals surface area contributed by atoms with Gasteiger partial charge in [0.1, 0.15) is 5.72 Å². The van der Waals surface area contributed by atoms with Crippen LogP contribution >= 0.6 is 0 Å². The summed E-state index contributed by atoms with van der Waals surface area (Å²) in [5.74, 6) is 0. The number of rotatable bonds is 14. The molecule has 0 radical (unpaired) electrons. The van der Waals surface area contributed by atoms with E-state index in [0.717, 1.165) is 19.4 Å². The smallest absolute Gasteiger partial charge is 0.150 e. The molecule has 144 valence electrons. The first-order chi connectivity index (χ1) is 11.6. The van der Waals surface area contributed by atoms with Crippen molar-refractivity contribution in [3.05, 3.63) is 0 Å². The zero-order chi connectivity index (χ0) is 17.8. The van der Waals surface area contributed by atoms with Gasteiger partial charge in [0, 0.05) is 26.0 Å². The van der Waals surface area contributed by atoms with E-state index in [2.05, 4.69) is 18.7 Å². The molecule has 0 aliphatic heterocycles. The molecule has 1 rings (SSSR count). The van der Waals surface area contributed by atoms with Crippen LogP contribution in [0.25, 0.3) is 0 Å². The lowest BCUT2D eigenvalue weighted by Crippen LogP contribution is -2.54. The van der Waals surface area contributed by atoms with E-state index in [1.54, 1.807) is 0 Å². The molecule has 0 unspecified atom stereocenters. The first kappa shape index (κ1) is 21.9. The molecular weight excluding hydrogens is 302 g/mol. The van der Waals surface area contributed by atoms with E-state index in [0.29, 0.717) is 19.4 Å². The molecular formula is C20H41NO3. The molecule has 1 aliphatic carbocycles. The molecule has 0 spiro atoms. The summed E-state index contributed by atoms with van der Waals surface area (Å²) in [5.41, 5.74) is -0.686. The Kier molecular flexibility index (Phi) is 11.2. The highest BCUT2D eigenvalue weighted by Gasteiger charge is 2.50. The van der Waals surface area contributed by atoms with Gasteiger partial charge in [0.15, 0.2) is 0 Å². The van der Waals surface area contributed by atoms with Crippen molar-refractivity contribution in [1.82, 2.24) is 4.90 Å². The maximum Gasteiger partial charge on any atom is 0.150 e. The number of nitrogens with zero attached hydrogens (tertiary/aromatic N) is 1. The van der Waals surface area contributed by atoms with Gasteiger partial charge in [0.05, 0.1) is 12.2 Å². The summed E-state index contributed by atoms with van der Waals surface area (Å²) in [6, 6.07) is 0. The van der Waals surface area contributed by atoms with Crippen LogP contribution in [0.15, 0.2) is 0 Å². The molecule has 0 amide bonds.